The van der Waals surface area contributed by atoms with Crippen molar-refractivity contribution in [1.82, 2.24) is 4.31 Å². The Labute approximate surface area is 131 Å². The van der Waals surface area contributed by atoms with E-state index in [2.05, 4.69) is 0 Å². The normalized spacial score (nSPS) is 23.2. The van der Waals surface area contributed by atoms with Gasteiger partial charge >= 0.3 is 0 Å². The van der Waals surface area contributed by atoms with E-state index in [0.29, 0.717) is 18.1 Å². The van der Waals surface area contributed by atoms with Crippen LogP contribution in [0.4, 0.5) is 0 Å². The predicted octanol–water partition coefficient (Wildman–Crippen LogP) is 1.99. The van der Waals surface area contributed by atoms with Crippen LogP contribution in [0.3, 0.4) is 0 Å². The van der Waals surface area contributed by atoms with Crippen LogP contribution in [-0.2, 0) is 21.3 Å². The van der Waals surface area contributed by atoms with Gasteiger partial charge in [0.25, 0.3) is 0 Å². The quantitative estimate of drug-likeness (QED) is 0.918. The van der Waals surface area contributed by atoms with E-state index in [1.165, 1.54) is 10.4 Å². The number of hydrogen-bond donors (Lipinski definition) is 1. The van der Waals surface area contributed by atoms with Gasteiger partial charge in [-0.05, 0) is 38.5 Å². The molecule has 1 unspecified atom stereocenters. The van der Waals surface area contributed by atoms with Crippen LogP contribution in [0.1, 0.15) is 26.3 Å². The number of ether oxygens (including phenoxy) is 1. The first kappa shape index (κ1) is 16.7. The third kappa shape index (κ3) is 3.57. The van der Waals surface area contributed by atoms with E-state index in [1.54, 1.807) is 12.1 Å². The molecular weight excluding hydrogens is 312 g/mol. The summed E-state index contributed by atoms with van der Waals surface area (Å²) in [7, 11) is -3.59. The Morgan fingerprint density at radius 2 is 2.14 bits per heavy atom. The molecule has 7 heteroatoms. The van der Waals surface area contributed by atoms with Gasteiger partial charge in [0.05, 0.1) is 16.6 Å². The van der Waals surface area contributed by atoms with E-state index >= 15 is 0 Å². The number of nitrogens with zero attached hydrogens (tertiary/aromatic N) is 1. The number of halogens is 1. The lowest BCUT2D eigenvalue weighted by Crippen LogP contribution is -2.53. The van der Waals surface area contributed by atoms with Crippen molar-refractivity contribution >= 4 is 21.6 Å². The molecule has 0 bridgehead atoms. The summed E-state index contributed by atoms with van der Waals surface area (Å²) >= 11 is 6.07. The molecular formula is C14H21ClN2O3S. The number of morpholine rings is 1. The van der Waals surface area contributed by atoms with Crippen LogP contribution >= 0.6 is 11.6 Å². The Balaban J connectivity index is 2.35. The van der Waals surface area contributed by atoms with Gasteiger partial charge in [0.1, 0.15) is 0 Å². The van der Waals surface area contributed by atoms with E-state index in [4.69, 9.17) is 22.1 Å². The third-order valence-corrected chi connectivity index (χ3v) is 5.58. The number of sulfonamides is 1. The average molecular weight is 333 g/mol. The molecule has 1 atom stereocenters. The lowest BCUT2D eigenvalue weighted by atomic mass is 10.1. The standard InChI is InChI=1S/C14H21ClN2O3S/c1-10-8-17(9-14(2,3)20-10)21(18,19)12-5-4-11(7-16)13(15)6-12/h4-6,10H,7-9,16H2,1-3H3. The van der Waals surface area contributed by atoms with Crippen molar-refractivity contribution in [2.75, 3.05) is 13.1 Å². The van der Waals surface area contributed by atoms with E-state index in [9.17, 15) is 8.42 Å². The third-order valence-electron chi connectivity index (χ3n) is 3.42. The second-order valence-electron chi connectivity index (χ2n) is 5.94. The zero-order chi connectivity index (χ0) is 15.8. The van der Waals surface area contributed by atoms with Crippen molar-refractivity contribution in [3.63, 3.8) is 0 Å². The van der Waals surface area contributed by atoms with Crippen LogP contribution in [0.2, 0.25) is 5.02 Å². The maximum atomic E-state index is 12.8. The second-order valence-corrected chi connectivity index (χ2v) is 8.29. The smallest absolute Gasteiger partial charge is 0.243 e. The minimum atomic E-state index is -3.59. The molecule has 0 aliphatic carbocycles. The fourth-order valence-corrected chi connectivity index (χ4v) is 4.60. The van der Waals surface area contributed by atoms with Crippen LogP contribution in [0.15, 0.2) is 23.1 Å². The Morgan fingerprint density at radius 1 is 1.48 bits per heavy atom. The highest BCUT2D eigenvalue weighted by Crippen LogP contribution is 2.28. The van der Waals surface area contributed by atoms with Gasteiger partial charge in [-0.2, -0.15) is 4.31 Å². The molecule has 5 nitrogen and oxygen atoms in total. The van der Waals surface area contributed by atoms with Crippen molar-refractivity contribution in [2.24, 2.45) is 5.73 Å². The van der Waals surface area contributed by atoms with E-state index in [1.807, 2.05) is 20.8 Å². The monoisotopic (exact) mass is 332 g/mol. The molecule has 1 saturated heterocycles. The molecule has 1 fully saturated rings. The molecule has 1 aliphatic rings. The van der Waals surface area contributed by atoms with Gasteiger partial charge in [-0.25, -0.2) is 8.42 Å². The molecule has 1 aliphatic heterocycles. The lowest BCUT2D eigenvalue weighted by Gasteiger charge is -2.40. The van der Waals surface area contributed by atoms with Gasteiger partial charge in [0.15, 0.2) is 0 Å². The summed E-state index contributed by atoms with van der Waals surface area (Å²) in [4.78, 5) is 0.189. The Hall–Kier alpha value is -0.660. The van der Waals surface area contributed by atoms with Gasteiger partial charge in [-0.15, -0.1) is 0 Å². The van der Waals surface area contributed by atoms with Crippen molar-refractivity contribution < 1.29 is 13.2 Å². The average Bonchev–Trinajstić information content (AvgIpc) is 2.36. The highest BCUT2D eigenvalue weighted by Gasteiger charge is 2.38. The first-order valence-corrected chi connectivity index (χ1v) is 8.64. The molecule has 2 N–H and O–H groups in total. The number of hydrogen-bond acceptors (Lipinski definition) is 4. The molecule has 0 saturated carbocycles. The summed E-state index contributed by atoms with van der Waals surface area (Å²) < 4.78 is 32.7. The molecule has 0 radical (unpaired) electrons. The van der Waals surface area contributed by atoms with Crippen molar-refractivity contribution in [1.29, 1.82) is 0 Å². The van der Waals surface area contributed by atoms with Crippen LogP contribution in [0, 0.1) is 0 Å². The van der Waals surface area contributed by atoms with Crippen LogP contribution in [-0.4, -0.2) is 37.5 Å². The SMILES string of the molecule is CC1CN(S(=O)(=O)c2ccc(CN)c(Cl)c2)CC(C)(C)O1. The highest BCUT2D eigenvalue weighted by molar-refractivity contribution is 7.89. The van der Waals surface area contributed by atoms with Gasteiger partial charge in [0, 0.05) is 24.7 Å². The topological polar surface area (TPSA) is 72.6 Å². The summed E-state index contributed by atoms with van der Waals surface area (Å²) in [6, 6.07) is 4.67. The number of rotatable bonds is 3. The van der Waals surface area contributed by atoms with Gasteiger partial charge < -0.3 is 10.5 Å². The summed E-state index contributed by atoms with van der Waals surface area (Å²) in [5.41, 5.74) is 5.77. The molecule has 1 aromatic rings. The van der Waals surface area contributed by atoms with Crippen LogP contribution < -0.4 is 5.73 Å². The largest absolute Gasteiger partial charge is 0.370 e. The maximum Gasteiger partial charge on any atom is 0.243 e. The minimum absolute atomic E-state index is 0.151. The zero-order valence-corrected chi connectivity index (χ0v) is 14.0. The van der Waals surface area contributed by atoms with E-state index in [0.717, 1.165) is 5.56 Å². The number of benzene rings is 1. The molecule has 1 heterocycles. The van der Waals surface area contributed by atoms with Crippen molar-refractivity contribution in [2.45, 2.75) is 43.9 Å². The summed E-state index contributed by atoms with van der Waals surface area (Å²) in [5.74, 6) is 0. The molecule has 1 aromatic carbocycles. The van der Waals surface area contributed by atoms with Crippen LogP contribution in [0.5, 0.6) is 0 Å². The Morgan fingerprint density at radius 3 is 2.67 bits per heavy atom. The first-order chi connectivity index (χ1) is 9.65. The summed E-state index contributed by atoms with van der Waals surface area (Å²) in [5, 5.41) is 0.374. The second kappa shape index (κ2) is 5.85. The van der Waals surface area contributed by atoms with Gasteiger partial charge in [-0.1, -0.05) is 17.7 Å². The summed E-state index contributed by atoms with van der Waals surface area (Å²) in [6.07, 6.45) is -0.151. The Kier molecular flexibility index (Phi) is 4.66. The molecule has 118 valence electrons. The lowest BCUT2D eigenvalue weighted by molar-refractivity contribution is -0.109. The van der Waals surface area contributed by atoms with E-state index < -0.39 is 15.6 Å². The van der Waals surface area contributed by atoms with Crippen molar-refractivity contribution in [3.8, 4) is 0 Å². The minimum Gasteiger partial charge on any atom is -0.370 e. The van der Waals surface area contributed by atoms with Crippen LogP contribution in [0.25, 0.3) is 0 Å². The first-order valence-electron chi connectivity index (χ1n) is 6.82. The van der Waals surface area contributed by atoms with E-state index in [-0.39, 0.29) is 17.5 Å². The molecule has 21 heavy (non-hydrogen) atoms. The van der Waals surface area contributed by atoms with Gasteiger partial charge in [0.2, 0.25) is 10.0 Å². The predicted molar refractivity (Wildman–Crippen MR) is 82.7 cm³/mol. The zero-order valence-electron chi connectivity index (χ0n) is 12.5. The molecule has 0 amide bonds. The molecule has 0 aromatic heterocycles. The van der Waals surface area contributed by atoms with Crippen molar-refractivity contribution in [3.05, 3.63) is 28.8 Å². The Bertz CT molecular complexity index is 631. The number of nitrogens with two attached hydrogens (primary N) is 1. The molecule has 2 rings (SSSR count). The maximum absolute atomic E-state index is 12.8. The van der Waals surface area contributed by atoms with Gasteiger partial charge in [-0.3, -0.25) is 0 Å². The summed E-state index contributed by atoms with van der Waals surface area (Å²) in [6.45, 7) is 6.57. The highest BCUT2D eigenvalue weighted by atomic mass is 35.5. The fraction of sp³-hybridized carbons (Fsp3) is 0.571. The fourth-order valence-electron chi connectivity index (χ4n) is 2.58. The molecule has 0 spiro atoms.